The zero-order chi connectivity index (χ0) is 27.7. The van der Waals surface area contributed by atoms with Crippen LogP contribution in [0.5, 0.6) is 5.75 Å². The quantitative estimate of drug-likeness (QED) is 0.262. The molecule has 12 heteroatoms. The Kier molecular flexibility index (Phi) is 7.00. The first-order valence-corrected chi connectivity index (χ1v) is 12.2. The van der Waals surface area contributed by atoms with Gasteiger partial charge in [-0.15, -0.1) is 23.4 Å². The Morgan fingerprint density at radius 2 is 1.77 bits per heavy atom. The van der Waals surface area contributed by atoms with Crippen molar-refractivity contribution in [3.63, 3.8) is 0 Å². The fourth-order valence-electron chi connectivity index (χ4n) is 4.27. The second kappa shape index (κ2) is 10.4. The molecule has 0 aliphatic carbocycles. The van der Waals surface area contributed by atoms with Gasteiger partial charge in [0, 0.05) is 12.6 Å². The number of amides is 1. The van der Waals surface area contributed by atoms with E-state index in [1.165, 1.54) is 23.3 Å². The van der Waals surface area contributed by atoms with Crippen LogP contribution in [0.2, 0.25) is 5.02 Å². The van der Waals surface area contributed by atoms with E-state index in [9.17, 15) is 18.0 Å². The number of hydrogen-bond donors (Lipinski definition) is 2. The first-order chi connectivity index (χ1) is 18.6. The predicted octanol–water partition coefficient (Wildman–Crippen LogP) is 5.87. The van der Waals surface area contributed by atoms with Crippen LogP contribution in [0.1, 0.15) is 38.8 Å². The molecule has 0 radical (unpaired) electrons. The Morgan fingerprint density at radius 3 is 2.46 bits per heavy atom. The van der Waals surface area contributed by atoms with Crippen LogP contribution in [0.3, 0.4) is 0 Å². The monoisotopic (exact) mass is 554 g/mol. The lowest BCUT2D eigenvalue weighted by Crippen LogP contribution is -2.30. The highest BCUT2D eigenvalue weighted by Gasteiger charge is 2.34. The lowest BCUT2D eigenvalue weighted by atomic mass is 9.98. The van der Waals surface area contributed by atoms with Gasteiger partial charge in [0.25, 0.3) is 5.91 Å². The molecule has 1 amide bonds. The second-order valence-electron chi connectivity index (χ2n) is 8.97. The van der Waals surface area contributed by atoms with E-state index >= 15 is 0 Å². The van der Waals surface area contributed by atoms with Crippen LogP contribution < -0.4 is 10.1 Å². The molecule has 2 N–H and O–H groups in total. The summed E-state index contributed by atoms with van der Waals surface area (Å²) in [4.78, 5) is 21.4. The van der Waals surface area contributed by atoms with Crippen molar-refractivity contribution in [2.45, 2.75) is 26.1 Å². The van der Waals surface area contributed by atoms with Crippen LogP contribution in [0.4, 0.5) is 13.2 Å². The molecule has 3 aromatic carbocycles. The molecular formula is C27H22ClF3N6O2. The molecule has 5 rings (SSSR count). The molecule has 0 aliphatic rings. The van der Waals surface area contributed by atoms with Crippen molar-refractivity contribution in [3.8, 4) is 11.4 Å². The number of rotatable bonds is 7. The highest BCUT2D eigenvalue weighted by atomic mass is 35.5. The standard InChI is InChI=1S/C27H22ClF3N6O2/c1-15-8-21-22(9-16(15)2)36-25(35-21)19(17-6-4-3-5-7-17)12-32-26(38)24-20(28)10-18(37-13-33-34-14-37)11-23(24)39-27(29,30)31/h3-11,13-14,19H,12H2,1-2H3,(H,32,38)(H,35,36)/t19-/m0/s1. The van der Waals surface area contributed by atoms with E-state index in [1.54, 1.807) is 0 Å². The fraction of sp³-hybridized carbons (Fsp3) is 0.185. The van der Waals surface area contributed by atoms with Crippen molar-refractivity contribution in [2.24, 2.45) is 0 Å². The van der Waals surface area contributed by atoms with Crippen LogP contribution in [0.15, 0.2) is 67.3 Å². The molecule has 8 nitrogen and oxygen atoms in total. The maximum atomic E-state index is 13.3. The molecule has 2 aromatic heterocycles. The third-order valence-electron chi connectivity index (χ3n) is 6.32. The summed E-state index contributed by atoms with van der Waals surface area (Å²) < 4.78 is 45.3. The van der Waals surface area contributed by atoms with E-state index < -0.39 is 29.5 Å². The molecule has 0 bridgehead atoms. The van der Waals surface area contributed by atoms with E-state index in [-0.39, 0.29) is 17.3 Å². The Bertz CT molecular complexity index is 1600. The summed E-state index contributed by atoms with van der Waals surface area (Å²) in [5.41, 5.74) is 4.40. The third-order valence-corrected chi connectivity index (χ3v) is 6.62. The average molecular weight is 555 g/mol. The average Bonchev–Trinajstić information content (AvgIpc) is 3.54. The second-order valence-corrected chi connectivity index (χ2v) is 9.37. The SMILES string of the molecule is Cc1cc2nc([C@@H](CNC(=O)c3c(Cl)cc(-n4cnnc4)cc3OC(F)(F)F)c3ccccc3)[nH]c2cc1C. The largest absolute Gasteiger partial charge is 0.573 e. The van der Waals surface area contributed by atoms with E-state index in [4.69, 9.17) is 16.6 Å². The number of H-pyrrole nitrogens is 1. The molecule has 39 heavy (non-hydrogen) atoms. The number of aryl methyl sites for hydroxylation is 2. The molecule has 200 valence electrons. The van der Waals surface area contributed by atoms with Gasteiger partial charge in [0.15, 0.2) is 0 Å². The van der Waals surface area contributed by atoms with Gasteiger partial charge in [-0.05, 0) is 48.7 Å². The van der Waals surface area contributed by atoms with E-state index in [0.29, 0.717) is 5.82 Å². The highest BCUT2D eigenvalue weighted by Crippen LogP contribution is 2.34. The molecule has 0 fully saturated rings. The van der Waals surface area contributed by atoms with Crippen LogP contribution in [-0.2, 0) is 0 Å². The van der Waals surface area contributed by atoms with Gasteiger partial charge in [0.05, 0.1) is 27.7 Å². The maximum Gasteiger partial charge on any atom is 0.573 e. The van der Waals surface area contributed by atoms with Crippen molar-refractivity contribution in [1.82, 2.24) is 30.0 Å². The molecule has 2 heterocycles. The molecule has 5 aromatic rings. The minimum absolute atomic E-state index is 0.0234. The highest BCUT2D eigenvalue weighted by molar-refractivity contribution is 6.34. The van der Waals surface area contributed by atoms with Gasteiger partial charge in [-0.25, -0.2) is 4.98 Å². The Balaban J connectivity index is 1.48. The van der Waals surface area contributed by atoms with Crippen LogP contribution in [-0.4, -0.2) is 43.5 Å². The first kappa shape index (κ1) is 26.2. The zero-order valence-electron chi connectivity index (χ0n) is 20.8. The van der Waals surface area contributed by atoms with Gasteiger partial charge >= 0.3 is 6.36 Å². The topological polar surface area (TPSA) is 97.7 Å². The molecule has 1 atom stereocenters. The number of nitrogens with one attached hydrogen (secondary N) is 2. The number of benzene rings is 3. The van der Waals surface area contributed by atoms with Gasteiger partial charge in [-0.2, -0.15) is 0 Å². The Morgan fingerprint density at radius 1 is 1.08 bits per heavy atom. The normalized spacial score (nSPS) is 12.5. The number of carbonyl (C=O) groups excluding carboxylic acids is 1. The van der Waals surface area contributed by atoms with Gasteiger partial charge in [0.2, 0.25) is 0 Å². The number of imidazole rings is 1. The van der Waals surface area contributed by atoms with Crippen LogP contribution in [0.25, 0.3) is 16.7 Å². The number of ether oxygens (including phenoxy) is 1. The summed E-state index contributed by atoms with van der Waals surface area (Å²) in [6.07, 6.45) is -2.49. The number of halogens is 4. The lowest BCUT2D eigenvalue weighted by Gasteiger charge is -2.19. The lowest BCUT2D eigenvalue weighted by molar-refractivity contribution is -0.274. The van der Waals surface area contributed by atoms with Crippen molar-refractivity contribution >= 4 is 28.5 Å². The molecule has 0 spiro atoms. The van der Waals surface area contributed by atoms with Gasteiger partial charge in [0.1, 0.15) is 29.8 Å². The van der Waals surface area contributed by atoms with Crippen molar-refractivity contribution in [1.29, 1.82) is 0 Å². The molecule has 0 saturated heterocycles. The number of fused-ring (bicyclic) bond motifs is 1. The fourth-order valence-corrected chi connectivity index (χ4v) is 4.56. The van der Waals surface area contributed by atoms with Gasteiger partial charge in [-0.3, -0.25) is 9.36 Å². The van der Waals surface area contributed by atoms with Crippen molar-refractivity contribution in [2.75, 3.05) is 6.54 Å². The summed E-state index contributed by atoms with van der Waals surface area (Å²) in [7, 11) is 0. The molecule has 0 aliphatic heterocycles. The van der Waals surface area contributed by atoms with Gasteiger partial charge in [-0.1, -0.05) is 41.9 Å². The number of aromatic nitrogens is 5. The van der Waals surface area contributed by atoms with Crippen molar-refractivity contribution < 1.29 is 22.7 Å². The predicted molar refractivity (Wildman–Crippen MR) is 139 cm³/mol. The number of nitrogens with zero attached hydrogens (tertiary/aromatic N) is 4. The number of aromatic amines is 1. The van der Waals surface area contributed by atoms with Gasteiger partial charge < -0.3 is 15.0 Å². The summed E-state index contributed by atoms with van der Waals surface area (Å²) in [5, 5.41) is 9.77. The van der Waals surface area contributed by atoms with E-state index in [1.807, 2.05) is 56.3 Å². The third kappa shape index (κ3) is 5.73. The molecule has 0 saturated carbocycles. The Hall–Kier alpha value is -4.38. The number of hydrogen-bond acceptors (Lipinski definition) is 5. The summed E-state index contributed by atoms with van der Waals surface area (Å²) in [5.74, 6) is -1.41. The van der Waals surface area contributed by atoms with Crippen molar-refractivity contribution in [3.05, 3.63) is 100 Å². The minimum Gasteiger partial charge on any atom is -0.405 e. The zero-order valence-corrected chi connectivity index (χ0v) is 21.5. The van der Waals surface area contributed by atoms with E-state index in [2.05, 4.69) is 25.2 Å². The molecular weight excluding hydrogens is 533 g/mol. The minimum atomic E-state index is -5.05. The maximum absolute atomic E-state index is 13.3. The molecule has 0 unspecified atom stereocenters. The Labute approximate surface area is 225 Å². The summed E-state index contributed by atoms with van der Waals surface area (Å²) >= 11 is 6.33. The van der Waals surface area contributed by atoms with Crippen LogP contribution in [0, 0.1) is 13.8 Å². The smallest absolute Gasteiger partial charge is 0.405 e. The summed E-state index contributed by atoms with van der Waals surface area (Å²) in [6.45, 7) is 4.02. The van der Waals surface area contributed by atoms with E-state index in [0.717, 1.165) is 33.8 Å². The summed E-state index contributed by atoms with van der Waals surface area (Å²) in [6, 6.07) is 15.7. The first-order valence-electron chi connectivity index (χ1n) is 11.8. The van der Waals surface area contributed by atoms with Crippen LogP contribution >= 0.6 is 11.6 Å². The number of carbonyl (C=O) groups is 1. The number of alkyl halides is 3.